The van der Waals surface area contributed by atoms with Crippen LogP contribution in [0.3, 0.4) is 0 Å². The summed E-state index contributed by atoms with van der Waals surface area (Å²) in [5, 5.41) is 4.95. The summed E-state index contributed by atoms with van der Waals surface area (Å²) < 4.78 is 32.5. The van der Waals surface area contributed by atoms with Gasteiger partial charge in [-0.05, 0) is 37.8 Å². The topological polar surface area (TPSA) is 54.7 Å². The largest absolute Gasteiger partial charge is 0.361 e. The van der Waals surface area contributed by atoms with Crippen molar-refractivity contribution in [2.45, 2.75) is 39.0 Å². The third-order valence-corrected chi connectivity index (χ3v) is 4.81. The van der Waals surface area contributed by atoms with Crippen molar-refractivity contribution in [3.8, 4) is 11.1 Å². The molecule has 3 heterocycles. The summed E-state index contributed by atoms with van der Waals surface area (Å²) >= 11 is 0. The predicted molar refractivity (Wildman–Crippen MR) is 91.6 cm³/mol. The number of aryl methyl sites for hydroxylation is 2. The molecule has 3 aromatic heterocycles. The number of allylic oxidation sites excluding steroid dienone is 2. The van der Waals surface area contributed by atoms with E-state index in [0.29, 0.717) is 6.42 Å². The Morgan fingerprint density at radius 3 is 2.92 bits per heavy atom. The lowest BCUT2D eigenvalue weighted by molar-refractivity contribution is -0.0197. The Morgan fingerprint density at radius 1 is 1.36 bits per heavy atom. The van der Waals surface area contributed by atoms with Crippen LogP contribution in [0.2, 0.25) is 0 Å². The van der Waals surface area contributed by atoms with Gasteiger partial charge in [-0.3, -0.25) is 0 Å². The maximum absolute atomic E-state index is 13.6. The fraction of sp³-hybridized carbons (Fsp3) is 0.368. The van der Waals surface area contributed by atoms with Crippen LogP contribution < -0.4 is 0 Å². The highest BCUT2D eigenvalue weighted by Gasteiger charge is 2.33. The third-order valence-electron chi connectivity index (χ3n) is 4.81. The van der Waals surface area contributed by atoms with E-state index in [1.54, 1.807) is 12.3 Å². The molecule has 0 saturated carbocycles. The van der Waals surface area contributed by atoms with E-state index in [0.717, 1.165) is 39.2 Å². The van der Waals surface area contributed by atoms with E-state index in [-0.39, 0.29) is 18.8 Å². The van der Waals surface area contributed by atoms with E-state index in [4.69, 9.17) is 4.52 Å². The van der Waals surface area contributed by atoms with Gasteiger partial charge in [0.15, 0.2) is 0 Å². The van der Waals surface area contributed by atoms with Gasteiger partial charge in [-0.25, -0.2) is 13.8 Å². The van der Waals surface area contributed by atoms with Gasteiger partial charge < -0.3 is 9.51 Å². The number of rotatable bonds is 3. The SMILES string of the molecule is Cc1noc(C)c1-c1cnc2[nH]cc(CC3C=CCC(F)(F)C3)c2c1. The number of halogens is 2. The second-order valence-corrected chi connectivity index (χ2v) is 6.79. The summed E-state index contributed by atoms with van der Waals surface area (Å²) in [5.41, 5.74) is 4.44. The summed E-state index contributed by atoms with van der Waals surface area (Å²) in [4.78, 5) is 7.61. The Kier molecular flexibility index (Phi) is 3.71. The molecule has 0 aromatic carbocycles. The lowest BCUT2D eigenvalue weighted by Crippen LogP contribution is -2.23. The molecule has 1 atom stereocenters. The summed E-state index contributed by atoms with van der Waals surface area (Å²) in [6, 6.07) is 2.03. The van der Waals surface area contributed by atoms with Gasteiger partial charge in [-0.15, -0.1) is 0 Å². The van der Waals surface area contributed by atoms with Crippen molar-refractivity contribution in [1.29, 1.82) is 0 Å². The molecule has 4 rings (SSSR count). The number of H-pyrrole nitrogens is 1. The van der Waals surface area contributed by atoms with E-state index in [1.165, 1.54) is 0 Å². The molecule has 1 aliphatic carbocycles. The Hall–Kier alpha value is -2.50. The van der Waals surface area contributed by atoms with E-state index < -0.39 is 5.92 Å². The first kappa shape index (κ1) is 16.0. The van der Waals surface area contributed by atoms with Crippen molar-refractivity contribution in [3.05, 3.63) is 47.6 Å². The first-order valence-corrected chi connectivity index (χ1v) is 8.37. The van der Waals surface area contributed by atoms with Crippen LogP contribution in [0.4, 0.5) is 8.78 Å². The highest BCUT2D eigenvalue weighted by atomic mass is 19.3. The lowest BCUT2D eigenvalue weighted by atomic mass is 9.88. The second kappa shape index (κ2) is 5.79. The average molecular weight is 343 g/mol. The van der Waals surface area contributed by atoms with E-state index in [2.05, 4.69) is 15.1 Å². The van der Waals surface area contributed by atoms with Crippen molar-refractivity contribution >= 4 is 11.0 Å². The summed E-state index contributed by atoms with van der Waals surface area (Å²) in [7, 11) is 0. The molecule has 1 aliphatic rings. The number of aromatic amines is 1. The molecule has 3 aromatic rings. The van der Waals surface area contributed by atoms with Crippen LogP contribution in [0.15, 0.2) is 35.1 Å². The van der Waals surface area contributed by atoms with Crippen molar-refractivity contribution in [1.82, 2.24) is 15.1 Å². The molecule has 0 fully saturated rings. The molecule has 0 radical (unpaired) electrons. The summed E-state index contributed by atoms with van der Waals surface area (Å²) in [6.45, 7) is 3.76. The fourth-order valence-electron chi connectivity index (χ4n) is 3.65. The zero-order chi connectivity index (χ0) is 17.6. The van der Waals surface area contributed by atoms with Crippen molar-refractivity contribution in [2.24, 2.45) is 5.92 Å². The van der Waals surface area contributed by atoms with Gasteiger partial charge in [0.1, 0.15) is 11.4 Å². The minimum atomic E-state index is -2.61. The number of nitrogens with one attached hydrogen (secondary N) is 1. The number of fused-ring (bicyclic) bond motifs is 1. The Labute approximate surface area is 143 Å². The zero-order valence-corrected chi connectivity index (χ0v) is 14.1. The van der Waals surface area contributed by atoms with E-state index in [9.17, 15) is 8.78 Å². The Bertz CT molecular complexity index is 935. The molecular weight excluding hydrogens is 324 g/mol. The maximum Gasteiger partial charge on any atom is 0.252 e. The molecule has 4 nitrogen and oxygen atoms in total. The minimum Gasteiger partial charge on any atom is -0.361 e. The summed E-state index contributed by atoms with van der Waals surface area (Å²) in [5.74, 6) is -2.03. The molecule has 0 saturated heterocycles. The molecular formula is C19H19F2N3O. The molecule has 130 valence electrons. The first-order valence-electron chi connectivity index (χ1n) is 8.37. The molecule has 1 unspecified atom stereocenters. The lowest BCUT2D eigenvalue weighted by Gasteiger charge is -2.24. The molecule has 1 N–H and O–H groups in total. The van der Waals surface area contributed by atoms with Crippen LogP contribution in [0.1, 0.15) is 29.9 Å². The van der Waals surface area contributed by atoms with E-state index >= 15 is 0 Å². The third kappa shape index (κ3) is 2.97. The Morgan fingerprint density at radius 2 is 2.20 bits per heavy atom. The molecule has 25 heavy (non-hydrogen) atoms. The molecule has 0 aliphatic heterocycles. The van der Waals surface area contributed by atoms with Gasteiger partial charge in [0.05, 0.1) is 5.69 Å². The highest BCUT2D eigenvalue weighted by molar-refractivity contribution is 5.85. The van der Waals surface area contributed by atoms with Gasteiger partial charge in [-0.1, -0.05) is 17.3 Å². The van der Waals surface area contributed by atoms with E-state index in [1.807, 2.05) is 32.2 Å². The number of pyridine rings is 1. The zero-order valence-electron chi connectivity index (χ0n) is 14.1. The standard InChI is InChI=1S/C19H19F2N3O/c1-11-17(12(2)25-24-11)15-7-16-14(9-22-18(16)23-10-15)6-13-4-3-5-19(20,21)8-13/h3-4,7,9-10,13H,5-6,8H2,1-2H3,(H,22,23). The predicted octanol–water partition coefficient (Wildman–Crippen LogP) is 4.98. The smallest absolute Gasteiger partial charge is 0.252 e. The number of hydrogen-bond acceptors (Lipinski definition) is 3. The van der Waals surface area contributed by atoms with Gasteiger partial charge in [-0.2, -0.15) is 0 Å². The van der Waals surface area contributed by atoms with Gasteiger partial charge in [0.2, 0.25) is 0 Å². The minimum absolute atomic E-state index is 0.104. The van der Waals surface area contributed by atoms with Gasteiger partial charge >= 0.3 is 0 Å². The summed E-state index contributed by atoms with van der Waals surface area (Å²) in [6.07, 6.45) is 7.46. The van der Waals surface area contributed by atoms with Gasteiger partial charge in [0, 0.05) is 41.7 Å². The number of hydrogen-bond donors (Lipinski definition) is 1. The monoisotopic (exact) mass is 343 g/mol. The highest BCUT2D eigenvalue weighted by Crippen LogP contribution is 2.35. The van der Waals surface area contributed by atoms with Gasteiger partial charge in [0.25, 0.3) is 5.92 Å². The molecule has 0 spiro atoms. The van der Waals surface area contributed by atoms with Crippen molar-refractivity contribution in [2.75, 3.05) is 0 Å². The first-order chi connectivity index (χ1) is 11.9. The van der Waals surface area contributed by atoms with Crippen LogP contribution in [-0.2, 0) is 6.42 Å². The maximum atomic E-state index is 13.6. The number of aromatic nitrogens is 3. The van der Waals surface area contributed by atoms with Crippen molar-refractivity contribution < 1.29 is 13.3 Å². The van der Waals surface area contributed by atoms with Crippen LogP contribution in [0, 0.1) is 19.8 Å². The number of nitrogens with zero attached hydrogens (tertiary/aromatic N) is 2. The number of alkyl halides is 2. The quantitative estimate of drug-likeness (QED) is 0.683. The van der Waals surface area contributed by atoms with Crippen LogP contribution in [-0.4, -0.2) is 21.0 Å². The second-order valence-electron chi connectivity index (χ2n) is 6.79. The van der Waals surface area contributed by atoms with Crippen LogP contribution in [0.25, 0.3) is 22.2 Å². The fourth-order valence-corrected chi connectivity index (χ4v) is 3.65. The normalized spacial score (nSPS) is 19.6. The van der Waals surface area contributed by atoms with Crippen LogP contribution in [0.5, 0.6) is 0 Å². The molecule has 6 heteroatoms. The molecule has 0 bridgehead atoms. The van der Waals surface area contributed by atoms with Crippen LogP contribution >= 0.6 is 0 Å². The Balaban J connectivity index is 1.70. The van der Waals surface area contributed by atoms with Crippen molar-refractivity contribution in [3.63, 3.8) is 0 Å². The average Bonchev–Trinajstić information content (AvgIpc) is 3.10. The molecule has 0 amide bonds.